The molecule has 3 rings (SSSR count). The number of nitrogens with zero attached hydrogens (tertiary/aromatic N) is 2. The summed E-state index contributed by atoms with van der Waals surface area (Å²) in [6.07, 6.45) is 0.0693. The molecule has 0 spiro atoms. The van der Waals surface area contributed by atoms with Crippen LogP contribution >= 0.6 is 0 Å². The van der Waals surface area contributed by atoms with Gasteiger partial charge < -0.3 is 18.7 Å². The molecule has 0 aliphatic carbocycles. The molecule has 0 radical (unpaired) electrons. The molecule has 2 atom stereocenters. The van der Waals surface area contributed by atoms with Crippen LogP contribution in [0.15, 0.2) is 39.4 Å². The third-order valence-electron chi connectivity index (χ3n) is 2.93. The highest BCUT2D eigenvalue weighted by molar-refractivity contribution is 5.83. The molecule has 0 aliphatic rings. The van der Waals surface area contributed by atoms with E-state index in [4.69, 9.17) is 13.6 Å². The molecular weight excluding hydrogens is 260 g/mol. The van der Waals surface area contributed by atoms with E-state index in [-0.39, 0.29) is 5.89 Å². The number of hydrogen-bond donors (Lipinski definition) is 1. The highest BCUT2D eigenvalue weighted by Gasteiger charge is 2.26. The summed E-state index contributed by atoms with van der Waals surface area (Å²) in [6, 6.07) is 7.27. The smallest absolute Gasteiger partial charge is 0.259 e. The molecule has 104 valence electrons. The molecule has 2 aromatic heterocycles. The van der Waals surface area contributed by atoms with Crippen LogP contribution in [0.5, 0.6) is 5.75 Å². The van der Waals surface area contributed by atoms with Gasteiger partial charge >= 0.3 is 0 Å². The molecule has 2 heterocycles. The average molecular weight is 274 g/mol. The van der Waals surface area contributed by atoms with E-state index in [2.05, 4.69) is 10.2 Å². The van der Waals surface area contributed by atoms with Crippen LogP contribution < -0.4 is 4.74 Å². The van der Waals surface area contributed by atoms with Gasteiger partial charge in [0.25, 0.3) is 5.89 Å². The van der Waals surface area contributed by atoms with Crippen molar-refractivity contribution >= 4 is 11.0 Å². The van der Waals surface area contributed by atoms with Crippen molar-refractivity contribution in [3.05, 3.63) is 42.3 Å². The number of ether oxygens (including phenoxy) is 1. The fraction of sp³-hybridized carbons (Fsp3) is 0.286. The minimum absolute atomic E-state index is 0.248. The summed E-state index contributed by atoms with van der Waals surface area (Å²) in [6.45, 7) is 3.30. The fourth-order valence-corrected chi connectivity index (χ4v) is 1.99. The van der Waals surface area contributed by atoms with Gasteiger partial charge in [0.05, 0.1) is 17.8 Å². The zero-order chi connectivity index (χ0) is 14.1. The van der Waals surface area contributed by atoms with Crippen LogP contribution in [0.1, 0.15) is 24.8 Å². The second-order valence-electron chi connectivity index (χ2n) is 4.53. The SMILES string of the molecule is Cc1nnc(C(Oc2cccc3occc23)C(C)O)o1. The Bertz CT molecular complexity index is 717. The van der Waals surface area contributed by atoms with E-state index in [1.54, 1.807) is 26.2 Å². The molecule has 0 aliphatic heterocycles. The maximum absolute atomic E-state index is 9.88. The number of aliphatic hydroxyl groups excluding tert-OH is 1. The normalized spacial score (nSPS) is 14.3. The molecule has 20 heavy (non-hydrogen) atoms. The largest absolute Gasteiger partial charge is 0.477 e. The van der Waals surface area contributed by atoms with Gasteiger partial charge in [-0.1, -0.05) is 6.07 Å². The van der Waals surface area contributed by atoms with Crippen LogP contribution in [0.25, 0.3) is 11.0 Å². The molecule has 0 saturated heterocycles. The maximum Gasteiger partial charge on any atom is 0.259 e. The Hall–Kier alpha value is -2.34. The topological polar surface area (TPSA) is 81.5 Å². The van der Waals surface area contributed by atoms with Gasteiger partial charge in [-0.3, -0.25) is 0 Å². The lowest BCUT2D eigenvalue weighted by atomic mass is 10.2. The number of fused-ring (bicyclic) bond motifs is 1. The van der Waals surface area contributed by atoms with Gasteiger partial charge in [0.1, 0.15) is 11.3 Å². The van der Waals surface area contributed by atoms with Crippen LogP contribution in [-0.2, 0) is 0 Å². The second kappa shape index (κ2) is 4.97. The first-order valence-electron chi connectivity index (χ1n) is 6.26. The van der Waals surface area contributed by atoms with Gasteiger partial charge in [0.15, 0.2) is 0 Å². The molecular formula is C14H14N2O4. The highest BCUT2D eigenvalue weighted by Crippen LogP contribution is 2.31. The Kier molecular flexibility index (Phi) is 3.15. The van der Waals surface area contributed by atoms with Crippen molar-refractivity contribution in [2.75, 3.05) is 0 Å². The quantitative estimate of drug-likeness (QED) is 0.787. The van der Waals surface area contributed by atoms with Crippen LogP contribution in [0.2, 0.25) is 0 Å². The summed E-state index contributed by atoms with van der Waals surface area (Å²) >= 11 is 0. The van der Waals surface area contributed by atoms with E-state index in [1.807, 2.05) is 18.2 Å². The number of benzene rings is 1. The van der Waals surface area contributed by atoms with Crippen LogP contribution in [0.3, 0.4) is 0 Å². The van der Waals surface area contributed by atoms with Gasteiger partial charge in [-0.25, -0.2) is 0 Å². The first-order chi connectivity index (χ1) is 9.65. The summed E-state index contributed by atoms with van der Waals surface area (Å²) in [5, 5.41) is 18.4. The minimum atomic E-state index is -0.794. The molecule has 0 amide bonds. The third kappa shape index (κ3) is 2.25. The number of hydrogen-bond acceptors (Lipinski definition) is 6. The standard InChI is InChI=1S/C14H14N2O4/c1-8(17)13(14-16-15-9(2)19-14)20-12-5-3-4-11-10(12)6-7-18-11/h3-8,13,17H,1-2H3. The van der Waals surface area contributed by atoms with Crippen LogP contribution in [-0.4, -0.2) is 21.4 Å². The van der Waals surface area contributed by atoms with Crippen molar-refractivity contribution in [1.82, 2.24) is 10.2 Å². The number of aromatic nitrogens is 2. The zero-order valence-corrected chi connectivity index (χ0v) is 11.1. The molecule has 1 aromatic carbocycles. The van der Waals surface area contributed by atoms with Gasteiger partial charge in [-0.15, -0.1) is 10.2 Å². The van der Waals surface area contributed by atoms with Crippen LogP contribution in [0.4, 0.5) is 0 Å². The summed E-state index contributed by atoms with van der Waals surface area (Å²) < 4.78 is 16.5. The lowest BCUT2D eigenvalue weighted by molar-refractivity contribution is 0.0315. The van der Waals surface area contributed by atoms with Crippen molar-refractivity contribution in [1.29, 1.82) is 0 Å². The summed E-state index contributed by atoms with van der Waals surface area (Å²) in [4.78, 5) is 0. The Labute approximate surface area is 115 Å². The highest BCUT2D eigenvalue weighted by atomic mass is 16.5. The predicted octanol–water partition coefficient (Wildman–Crippen LogP) is 2.63. The molecule has 6 nitrogen and oxygen atoms in total. The zero-order valence-electron chi connectivity index (χ0n) is 11.1. The Morgan fingerprint density at radius 2 is 2.10 bits per heavy atom. The van der Waals surface area contributed by atoms with E-state index >= 15 is 0 Å². The maximum atomic E-state index is 9.88. The number of aliphatic hydroxyl groups is 1. The van der Waals surface area contributed by atoms with E-state index in [0.717, 1.165) is 5.39 Å². The first-order valence-corrected chi connectivity index (χ1v) is 6.26. The number of furan rings is 1. The molecule has 2 unspecified atom stereocenters. The molecule has 1 N–H and O–H groups in total. The van der Waals surface area contributed by atoms with Crippen molar-refractivity contribution in [3.8, 4) is 5.75 Å². The first kappa shape index (κ1) is 12.7. The lowest BCUT2D eigenvalue weighted by Crippen LogP contribution is -2.21. The summed E-state index contributed by atoms with van der Waals surface area (Å²) in [5.41, 5.74) is 0.716. The van der Waals surface area contributed by atoms with Crippen molar-refractivity contribution < 1.29 is 18.7 Å². The van der Waals surface area contributed by atoms with Gasteiger partial charge in [-0.05, 0) is 25.1 Å². The van der Waals surface area contributed by atoms with Crippen molar-refractivity contribution in [2.24, 2.45) is 0 Å². The van der Waals surface area contributed by atoms with E-state index in [1.165, 1.54) is 0 Å². The molecule has 0 bridgehead atoms. The van der Waals surface area contributed by atoms with Crippen LogP contribution in [0, 0.1) is 6.92 Å². The summed E-state index contributed by atoms with van der Waals surface area (Å²) in [5.74, 6) is 1.27. The van der Waals surface area contributed by atoms with E-state index in [0.29, 0.717) is 17.2 Å². The summed E-state index contributed by atoms with van der Waals surface area (Å²) in [7, 11) is 0. The molecule has 3 aromatic rings. The Morgan fingerprint density at radius 3 is 2.80 bits per heavy atom. The molecule has 6 heteroatoms. The molecule has 0 saturated carbocycles. The van der Waals surface area contributed by atoms with Gasteiger partial charge in [-0.2, -0.15) is 0 Å². The molecule has 0 fully saturated rings. The van der Waals surface area contributed by atoms with Gasteiger partial charge in [0, 0.05) is 6.92 Å². The minimum Gasteiger partial charge on any atom is -0.477 e. The van der Waals surface area contributed by atoms with E-state index < -0.39 is 12.2 Å². The van der Waals surface area contributed by atoms with E-state index in [9.17, 15) is 5.11 Å². The monoisotopic (exact) mass is 274 g/mol. The number of aryl methyl sites for hydroxylation is 1. The fourth-order valence-electron chi connectivity index (χ4n) is 1.99. The van der Waals surface area contributed by atoms with Crippen molar-refractivity contribution in [3.63, 3.8) is 0 Å². The average Bonchev–Trinajstić information content (AvgIpc) is 3.04. The lowest BCUT2D eigenvalue weighted by Gasteiger charge is -2.18. The Morgan fingerprint density at radius 1 is 1.25 bits per heavy atom. The third-order valence-corrected chi connectivity index (χ3v) is 2.93. The number of rotatable bonds is 4. The predicted molar refractivity (Wildman–Crippen MR) is 70.3 cm³/mol. The van der Waals surface area contributed by atoms with Gasteiger partial charge in [0.2, 0.25) is 12.0 Å². The second-order valence-corrected chi connectivity index (χ2v) is 4.53. The van der Waals surface area contributed by atoms with Crippen molar-refractivity contribution in [2.45, 2.75) is 26.1 Å². The Balaban J connectivity index is 1.96.